The van der Waals surface area contributed by atoms with E-state index >= 15 is 0 Å². The van der Waals surface area contributed by atoms with Crippen LogP contribution in [0.1, 0.15) is 18.9 Å². The number of carbonyl (C=O) groups excluding carboxylic acids is 1. The van der Waals surface area contributed by atoms with E-state index in [1.807, 2.05) is 6.07 Å². The molecule has 0 radical (unpaired) electrons. The second kappa shape index (κ2) is 6.14. The molecule has 0 spiro atoms. The molecule has 3 atom stereocenters. The number of pyridine rings is 1. The number of aliphatic carboxylic acids is 1. The largest absolute Gasteiger partial charge is 0.477 e. The molecular formula is C15H15ClN2O4S. The topological polar surface area (TPSA) is 90.7 Å². The van der Waals surface area contributed by atoms with Gasteiger partial charge in [-0.3, -0.25) is 4.79 Å². The summed E-state index contributed by atoms with van der Waals surface area (Å²) in [7, 11) is 0. The zero-order valence-corrected chi connectivity index (χ0v) is 13.8. The number of aromatic nitrogens is 1. The van der Waals surface area contributed by atoms with Crippen LogP contribution in [-0.2, 0) is 15.3 Å². The minimum atomic E-state index is -1.11. The number of aliphatic hydroxyl groups excluding tert-OH is 1. The first-order chi connectivity index (χ1) is 10.9. The molecule has 1 aromatic rings. The summed E-state index contributed by atoms with van der Waals surface area (Å²) in [6.45, 7) is 1.56. The highest BCUT2D eigenvalue weighted by molar-refractivity contribution is 8.02. The van der Waals surface area contributed by atoms with Crippen LogP contribution in [0.2, 0.25) is 5.15 Å². The van der Waals surface area contributed by atoms with E-state index in [2.05, 4.69) is 4.98 Å². The van der Waals surface area contributed by atoms with Crippen LogP contribution in [0.25, 0.3) is 0 Å². The lowest BCUT2D eigenvalue weighted by Gasteiger charge is -2.44. The van der Waals surface area contributed by atoms with Crippen LogP contribution in [0.5, 0.6) is 0 Å². The van der Waals surface area contributed by atoms with Crippen molar-refractivity contribution in [3.63, 3.8) is 0 Å². The van der Waals surface area contributed by atoms with E-state index in [1.54, 1.807) is 19.2 Å². The lowest BCUT2D eigenvalue weighted by molar-refractivity contribution is -0.161. The van der Waals surface area contributed by atoms with Gasteiger partial charge in [-0.05, 0) is 18.6 Å². The summed E-state index contributed by atoms with van der Waals surface area (Å²) < 4.78 is 0. The molecule has 0 bridgehead atoms. The van der Waals surface area contributed by atoms with Gasteiger partial charge < -0.3 is 15.1 Å². The van der Waals surface area contributed by atoms with Crippen molar-refractivity contribution in [2.24, 2.45) is 5.92 Å². The van der Waals surface area contributed by atoms with Gasteiger partial charge in [-0.25, -0.2) is 9.78 Å². The highest BCUT2D eigenvalue weighted by Gasteiger charge is 2.56. The molecular weight excluding hydrogens is 340 g/mol. The fourth-order valence-corrected chi connectivity index (χ4v) is 4.26. The molecule has 0 aliphatic carbocycles. The standard InChI is InChI=1S/C15H15ClN2O4S/c1-7(19)12-9-4-10(13(15(21)22)18(9)14(12)20)23-6-8-2-3-11(16)17-5-8/h2-3,5,7,9,12,19H,4,6H2,1H3,(H,21,22)/t7-,9-,12-/m1/s1. The van der Waals surface area contributed by atoms with Crippen LogP contribution < -0.4 is 0 Å². The molecule has 2 N–H and O–H groups in total. The number of nitrogens with zero attached hydrogens (tertiary/aromatic N) is 2. The van der Waals surface area contributed by atoms with E-state index in [9.17, 15) is 19.8 Å². The molecule has 0 unspecified atom stereocenters. The lowest BCUT2D eigenvalue weighted by Crippen LogP contribution is -2.61. The van der Waals surface area contributed by atoms with E-state index in [0.29, 0.717) is 22.2 Å². The molecule has 2 aliphatic rings. The summed E-state index contributed by atoms with van der Waals surface area (Å²) in [6, 6.07) is 3.26. The maximum atomic E-state index is 12.1. The Morgan fingerprint density at radius 3 is 2.87 bits per heavy atom. The van der Waals surface area contributed by atoms with Crippen LogP contribution in [0.15, 0.2) is 28.9 Å². The number of halogens is 1. The smallest absolute Gasteiger partial charge is 0.353 e. The van der Waals surface area contributed by atoms with Gasteiger partial charge in [0.1, 0.15) is 10.9 Å². The Bertz CT molecular complexity index is 689. The molecule has 6 nitrogen and oxygen atoms in total. The predicted molar refractivity (Wildman–Crippen MR) is 85.6 cm³/mol. The zero-order chi connectivity index (χ0) is 16.7. The van der Waals surface area contributed by atoms with E-state index < -0.39 is 18.0 Å². The predicted octanol–water partition coefficient (Wildman–Crippen LogP) is 1.88. The van der Waals surface area contributed by atoms with Crippen molar-refractivity contribution < 1.29 is 19.8 Å². The zero-order valence-electron chi connectivity index (χ0n) is 12.3. The molecule has 1 aromatic heterocycles. The van der Waals surface area contributed by atoms with Crippen molar-refractivity contribution in [3.8, 4) is 0 Å². The monoisotopic (exact) mass is 354 g/mol. The van der Waals surface area contributed by atoms with Crippen molar-refractivity contribution in [2.45, 2.75) is 31.2 Å². The maximum Gasteiger partial charge on any atom is 0.353 e. The Hall–Kier alpha value is -1.57. The third-order valence-electron chi connectivity index (χ3n) is 4.09. The molecule has 2 aliphatic heterocycles. The number of aliphatic hydroxyl groups is 1. The molecule has 122 valence electrons. The van der Waals surface area contributed by atoms with E-state index in [4.69, 9.17) is 11.6 Å². The summed E-state index contributed by atoms with van der Waals surface area (Å²) in [5.41, 5.74) is 0.966. The molecule has 1 saturated heterocycles. The normalized spacial score (nSPS) is 24.5. The first-order valence-electron chi connectivity index (χ1n) is 7.11. The van der Waals surface area contributed by atoms with Gasteiger partial charge in [0.25, 0.3) is 0 Å². The van der Waals surface area contributed by atoms with Crippen LogP contribution in [0.4, 0.5) is 0 Å². The van der Waals surface area contributed by atoms with E-state index in [1.165, 1.54) is 16.7 Å². The molecule has 0 saturated carbocycles. The summed E-state index contributed by atoms with van der Waals surface area (Å²) in [5.74, 6) is -1.39. The van der Waals surface area contributed by atoms with Crippen LogP contribution in [0, 0.1) is 5.92 Å². The number of carboxylic acids is 1. The maximum absolute atomic E-state index is 12.1. The minimum absolute atomic E-state index is 0.0452. The summed E-state index contributed by atoms with van der Waals surface area (Å²) >= 11 is 7.12. The minimum Gasteiger partial charge on any atom is -0.477 e. The third-order valence-corrected chi connectivity index (χ3v) is 5.50. The Morgan fingerprint density at radius 2 is 2.30 bits per heavy atom. The number of carboxylic acid groups (broad SMARTS) is 1. The Morgan fingerprint density at radius 1 is 1.57 bits per heavy atom. The van der Waals surface area contributed by atoms with Gasteiger partial charge in [-0.15, -0.1) is 11.8 Å². The van der Waals surface area contributed by atoms with Crippen molar-refractivity contribution >= 4 is 35.2 Å². The van der Waals surface area contributed by atoms with E-state index in [0.717, 1.165) is 5.56 Å². The van der Waals surface area contributed by atoms with Crippen LogP contribution in [-0.4, -0.2) is 44.1 Å². The Kier molecular flexibility index (Phi) is 4.35. The highest BCUT2D eigenvalue weighted by atomic mass is 35.5. The number of β-lactam (4-membered cyclic amide) rings is 1. The quantitative estimate of drug-likeness (QED) is 0.619. The van der Waals surface area contributed by atoms with Crippen LogP contribution >= 0.6 is 23.4 Å². The van der Waals surface area contributed by atoms with Crippen molar-refractivity contribution in [3.05, 3.63) is 39.6 Å². The second-order valence-electron chi connectivity index (χ2n) is 5.60. The molecule has 23 heavy (non-hydrogen) atoms. The SMILES string of the molecule is C[C@@H](O)[C@H]1C(=O)N2C(C(=O)O)=C(SCc3ccc(Cl)nc3)C[C@H]12. The van der Waals surface area contributed by atoms with E-state index in [-0.39, 0.29) is 17.6 Å². The summed E-state index contributed by atoms with van der Waals surface area (Å²) in [6.07, 6.45) is 1.34. The summed E-state index contributed by atoms with van der Waals surface area (Å²) in [4.78, 5) is 29.6. The number of hydrogen-bond donors (Lipinski definition) is 2. The number of thioether (sulfide) groups is 1. The molecule has 0 aromatic carbocycles. The Balaban J connectivity index is 1.77. The molecule has 3 rings (SSSR count). The van der Waals surface area contributed by atoms with Crippen LogP contribution in [0.3, 0.4) is 0 Å². The summed E-state index contributed by atoms with van der Waals surface area (Å²) in [5, 5.41) is 19.5. The Labute approximate surface area is 142 Å². The molecule has 1 amide bonds. The van der Waals surface area contributed by atoms with Gasteiger partial charge in [0.2, 0.25) is 5.91 Å². The third kappa shape index (κ3) is 2.84. The number of carbonyl (C=O) groups is 2. The molecule has 3 heterocycles. The average Bonchev–Trinajstić information content (AvgIpc) is 2.81. The number of amides is 1. The lowest BCUT2D eigenvalue weighted by atomic mass is 9.83. The molecule has 8 heteroatoms. The van der Waals surface area contributed by atoms with Gasteiger partial charge in [-0.2, -0.15) is 0 Å². The van der Waals surface area contributed by atoms with Crippen molar-refractivity contribution in [2.75, 3.05) is 0 Å². The number of fused-ring (bicyclic) bond motifs is 1. The van der Waals surface area contributed by atoms with Crippen molar-refractivity contribution in [1.82, 2.24) is 9.88 Å². The number of rotatable bonds is 5. The molecule has 1 fully saturated rings. The first-order valence-corrected chi connectivity index (χ1v) is 8.47. The van der Waals surface area contributed by atoms with Crippen molar-refractivity contribution in [1.29, 1.82) is 0 Å². The second-order valence-corrected chi connectivity index (χ2v) is 7.06. The van der Waals surface area contributed by atoms with Gasteiger partial charge >= 0.3 is 5.97 Å². The first kappa shape index (κ1) is 16.3. The van der Waals surface area contributed by atoms with Gasteiger partial charge in [0, 0.05) is 23.3 Å². The average molecular weight is 355 g/mol. The van der Waals surface area contributed by atoms with Gasteiger partial charge in [-0.1, -0.05) is 17.7 Å². The fourth-order valence-electron chi connectivity index (χ4n) is 3.02. The fraction of sp³-hybridized carbons (Fsp3) is 0.400. The number of hydrogen-bond acceptors (Lipinski definition) is 5. The highest BCUT2D eigenvalue weighted by Crippen LogP contribution is 2.47. The van der Waals surface area contributed by atoms with Gasteiger partial charge in [0.05, 0.1) is 18.1 Å². The van der Waals surface area contributed by atoms with Gasteiger partial charge in [0.15, 0.2) is 0 Å².